The summed E-state index contributed by atoms with van der Waals surface area (Å²) < 4.78 is 0. The van der Waals surface area contributed by atoms with Crippen molar-refractivity contribution < 1.29 is 0 Å². The first-order valence-corrected chi connectivity index (χ1v) is 9.37. The first kappa shape index (κ1) is 17.7. The van der Waals surface area contributed by atoms with Crippen molar-refractivity contribution in [3.63, 3.8) is 0 Å². The predicted molar refractivity (Wildman–Crippen MR) is 109 cm³/mol. The van der Waals surface area contributed by atoms with Gasteiger partial charge in [0.05, 0.1) is 12.1 Å². The van der Waals surface area contributed by atoms with Crippen molar-refractivity contribution in [3.05, 3.63) is 65.2 Å². The Labute approximate surface area is 152 Å². The number of fused-ring (bicyclic) bond motifs is 1. The third kappa shape index (κ3) is 3.63. The van der Waals surface area contributed by atoms with Gasteiger partial charge in [0.15, 0.2) is 0 Å². The summed E-state index contributed by atoms with van der Waals surface area (Å²) in [4.78, 5) is 4.93. The molecular weight excluding hydrogens is 304 g/mol. The molecule has 1 unspecified atom stereocenters. The van der Waals surface area contributed by atoms with E-state index < -0.39 is 0 Å². The largest absolute Gasteiger partial charge is 0.374 e. The van der Waals surface area contributed by atoms with Gasteiger partial charge in [0, 0.05) is 11.4 Å². The van der Waals surface area contributed by atoms with Crippen LogP contribution in [0, 0.1) is 0 Å². The van der Waals surface area contributed by atoms with Gasteiger partial charge in [-0.3, -0.25) is 4.99 Å². The molecule has 0 saturated carbocycles. The number of nitrogens with one attached hydrogen (secondary N) is 1. The lowest BCUT2D eigenvalue weighted by Gasteiger charge is -2.41. The standard InChI is InChI=1S/C23H30N2/c1-16(2)20-12-9-13-21-17(3)14-23(5,25-22(20)21)18(4)24-15-19-10-7-6-8-11-19/h6-13,16-17,25H,14-15H2,1-5H3/t17-,23?/m0/s1. The maximum absolute atomic E-state index is 4.93. The van der Waals surface area contributed by atoms with Gasteiger partial charge in [-0.1, -0.05) is 69.3 Å². The monoisotopic (exact) mass is 334 g/mol. The first-order chi connectivity index (χ1) is 11.9. The van der Waals surface area contributed by atoms with E-state index >= 15 is 0 Å². The minimum absolute atomic E-state index is 0.0911. The Hall–Kier alpha value is -2.09. The molecule has 0 amide bonds. The number of nitrogens with zero attached hydrogens (tertiary/aromatic N) is 1. The van der Waals surface area contributed by atoms with Gasteiger partial charge in [-0.2, -0.15) is 0 Å². The number of aliphatic imine (C=N–C) groups is 1. The van der Waals surface area contributed by atoms with Crippen LogP contribution >= 0.6 is 0 Å². The van der Waals surface area contributed by atoms with Crippen LogP contribution in [0.5, 0.6) is 0 Å². The molecule has 1 aliphatic heterocycles. The van der Waals surface area contributed by atoms with E-state index in [2.05, 4.69) is 88.5 Å². The highest BCUT2D eigenvalue weighted by atomic mass is 15.0. The molecule has 1 aliphatic rings. The Kier molecular flexibility index (Phi) is 4.99. The topological polar surface area (TPSA) is 24.4 Å². The molecule has 25 heavy (non-hydrogen) atoms. The lowest BCUT2D eigenvalue weighted by molar-refractivity contribution is 0.518. The van der Waals surface area contributed by atoms with Crippen LogP contribution in [0.3, 0.4) is 0 Å². The van der Waals surface area contributed by atoms with Crippen LogP contribution in [0.25, 0.3) is 0 Å². The second-order valence-electron chi connectivity index (χ2n) is 7.92. The number of para-hydroxylation sites is 1. The molecule has 2 aromatic rings. The molecular formula is C23H30N2. The molecule has 0 spiro atoms. The molecule has 0 saturated heterocycles. The molecule has 1 N–H and O–H groups in total. The summed E-state index contributed by atoms with van der Waals surface area (Å²) >= 11 is 0. The summed E-state index contributed by atoms with van der Waals surface area (Å²) in [5, 5.41) is 3.86. The lowest BCUT2D eigenvalue weighted by atomic mass is 9.77. The number of hydrogen-bond donors (Lipinski definition) is 1. The molecule has 2 nitrogen and oxygen atoms in total. The van der Waals surface area contributed by atoms with E-state index in [-0.39, 0.29) is 5.54 Å². The molecule has 2 heteroatoms. The van der Waals surface area contributed by atoms with Crippen LogP contribution in [0.1, 0.15) is 69.6 Å². The molecule has 3 rings (SSSR count). The first-order valence-electron chi connectivity index (χ1n) is 9.37. The lowest BCUT2D eigenvalue weighted by Crippen LogP contribution is -2.46. The second-order valence-corrected chi connectivity index (χ2v) is 7.92. The van der Waals surface area contributed by atoms with Crippen molar-refractivity contribution >= 4 is 11.4 Å². The maximum Gasteiger partial charge on any atom is 0.0727 e. The zero-order valence-electron chi connectivity index (χ0n) is 16.1. The maximum atomic E-state index is 4.93. The molecule has 0 aliphatic carbocycles. The predicted octanol–water partition coefficient (Wildman–Crippen LogP) is 6.15. The van der Waals surface area contributed by atoms with E-state index in [1.807, 2.05) is 0 Å². The molecule has 0 radical (unpaired) electrons. The van der Waals surface area contributed by atoms with Gasteiger partial charge in [-0.25, -0.2) is 0 Å². The van der Waals surface area contributed by atoms with Gasteiger partial charge in [0.2, 0.25) is 0 Å². The summed E-state index contributed by atoms with van der Waals surface area (Å²) in [6.07, 6.45) is 1.08. The Morgan fingerprint density at radius 3 is 2.56 bits per heavy atom. The van der Waals surface area contributed by atoms with Crippen LogP contribution in [-0.4, -0.2) is 11.3 Å². The molecule has 0 aromatic heterocycles. The van der Waals surface area contributed by atoms with E-state index in [1.54, 1.807) is 0 Å². The van der Waals surface area contributed by atoms with Gasteiger partial charge < -0.3 is 5.32 Å². The summed E-state index contributed by atoms with van der Waals surface area (Å²) in [7, 11) is 0. The highest BCUT2D eigenvalue weighted by molar-refractivity contribution is 5.95. The van der Waals surface area contributed by atoms with Gasteiger partial charge in [0.25, 0.3) is 0 Å². The number of hydrogen-bond acceptors (Lipinski definition) is 2. The quantitative estimate of drug-likeness (QED) is 0.666. The van der Waals surface area contributed by atoms with Crippen molar-refractivity contribution in [3.8, 4) is 0 Å². The van der Waals surface area contributed by atoms with Gasteiger partial charge >= 0.3 is 0 Å². The Morgan fingerprint density at radius 2 is 1.88 bits per heavy atom. The van der Waals surface area contributed by atoms with Crippen molar-refractivity contribution in [1.29, 1.82) is 0 Å². The average molecular weight is 335 g/mol. The average Bonchev–Trinajstić information content (AvgIpc) is 2.59. The van der Waals surface area contributed by atoms with Gasteiger partial charge in [0.1, 0.15) is 0 Å². The SMILES string of the molecule is CC(=NCc1ccccc1)C1(C)C[C@H](C)c2cccc(C(C)C)c2N1. The molecule has 0 bridgehead atoms. The fourth-order valence-corrected chi connectivity index (χ4v) is 3.88. The summed E-state index contributed by atoms with van der Waals surface area (Å²) in [5.74, 6) is 1.04. The third-order valence-electron chi connectivity index (χ3n) is 5.54. The zero-order chi connectivity index (χ0) is 18.0. The molecule has 132 valence electrons. The fraction of sp³-hybridized carbons (Fsp3) is 0.435. The van der Waals surface area contributed by atoms with Crippen LogP contribution in [0.15, 0.2) is 53.5 Å². The number of benzene rings is 2. The molecule has 2 atom stereocenters. The second kappa shape index (κ2) is 7.03. The smallest absolute Gasteiger partial charge is 0.0727 e. The van der Waals surface area contributed by atoms with E-state index in [0.29, 0.717) is 11.8 Å². The number of rotatable bonds is 4. The highest BCUT2D eigenvalue weighted by Gasteiger charge is 2.36. The fourth-order valence-electron chi connectivity index (χ4n) is 3.88. The highest BCUT2D eigenvalue weighted by Crippen LogP contribution is 2.42. The van der Waals surface area contributed by atoms with Crippen LogP contribution in [-0.2, 0) is 6.54 Å². The molecule has 0 fully saturated rings. The molecule has 2 aromatic carbocycles. The van der Waals surface area contributed by atoms with E-state index in [4.69, 9.17) is 4.99 Å². The van der Waals surface area contributed by atoms with E-state index in [9.17, 15) is 0 Å². The molecule has 1 heterocycles. The van der Waals surface area contributed by atoms with Crippen LogP contribution < -0.4 is 5.32 Å². The third-order valence-corrected chi connectivity index (χ3v) is 5.54. The van der Waals surface area contributed by atoms with Gasteiger partial charge in [-0.05, 0) is 48.8 Å². The zero-order valence-corrected chi connectivity index (χ0v) is 16.1. The van der Waals surface area contributed by atoms with Crippen molar-refractivity contribution in [1.82, 2.24) is 0 Å². The van der Waals surface area contributed by atoms with Crippen molar-refractivity contribution in [2.24, 2.45) is 4.99 Å². The Bertz CT molecular complexity index is 747. The summed E-state index contributed by atoms with van der Waals surface area (Å²) in [6, 6.07) is 17.2. The minimum Gasteiger partial charge on any atom is -0.374 e. The number of anilines is 1. The van der Waals surface area contributed by atoms with Crippen molar-refractivity contribution in [2.75, 3.05) is 5.32 Å². The summed E-state index contributed by atoms with van der Waals surface area (Å²) in [6.45, 7) is 12.1. The summed E-state index contributed by atoms with van der Waals surface area (Å²) in [5.41, 5.74) is 6.54. The Morgan fingerprint density at radius 1 is 1.16 bits per heavy atom. The van der Waals surface area contributed by atoms with E-state index in [1.165, 1.54) is 28.1 Å². The normalized spacial score (nSPS) is 23.3. The van der Waals surface area contributed by atoms with Crippen LogP contribution in [0.2, 0.25) is 0 Å². The van der Waals surface area contributed by atoms with E-state index in [0.717, 1.165) is 13.0 Å². The minimum atomic E-state index is -0.0911. The van der Waals surface area contributed by atoms with Crippen LogP contribution in [0.4, 0.5) is 5.69 Å². The Balaban J connectivity index is 1.90. The van der Waals surface area contributed by atoms with Crippen molar-refractivity contribution in [2.45, 2.75) is 65.0 Å². The van der Waals surface area contributed by atoms with Gasteiger partial charge in [-0.15, -0.1) is 0 Å².